The Morgan fingerprint density at radius 3 is 2.80 bits per heavy atom. The van der Waals surface area contributed by atoms with Gasteiger partial charge in [0.2, 0.25) is 5.91 Å². The smallest absolute Gasteiger partial charge is 0.262 e. The number of ether oxygens (including phenoxy) is 1. The van der Waals surface area contributed by atoms with Crippen molar-refractivity contribution in [3.05, 3.63) is 70.3 Å². The number of halogens is 1. The molecule has 1 fully saturated rings. The van der Waals surface area contributed by atoms with Crippen LogP contribution in [-0.4, -0.2) is 33.9 Å². The minimum absolute atomic E-state index is 0.0164. The van der Waals surface area contributed by atoms with Crippen molar-refractivity contribution < 1.29 is 13.9 Å². The lowest BCUT2D eigenvalue weighted by atomic mass is 10.2. The van der Waals surface area contributed by atoms with Gasteiger partial charge in [0, 0.05) is 13.2 Å². The highest BCUT2D eigenvalue weighted by Gasteiger charge is 2.20. The van der Waals surface area contributed by atoms with E-state index in [1.54, 1.807) is 28.8 Å². The van der Waals surface area contributed by atoms with Gasteiger partial charge in [0.25, 0.3) is 5.56 Å². The predicted octanol–water partition coefficient (Wildman–Crippen LogP) is 3.12. The molecule has 2 heterocycles. The Morgan fingerprint density at radius 2 is 2.03 bits per heavy atom. The van der Waals surface area contributed by atoms with Crippen LogP contribution in [0.15, 0.2) is 58.5 Å². The SMILES string of the molecule is O=C(CSc1nc2ccccc2c(=O)n1CC1CCCO1)NCc1ccc(F)cc1. The molecule has 1 saturated heterocycles. The Labute approximate surface area is 177 Å². The van der Waals surface area contributed by atoms with Gasteiger partial charge in [-0.25, -0.2) is 9.37 Å². The first-order valence-electron chi connectivity index (χ1n) is 9.85. The number of carbonyl (C=O) groups is 1. The number of thioether (sulfide) groups is 1. The normalized spacial score (nSPS) is 16.1. The molecule has 1 unspecified atom stereocenters. The van der Waals surface area contributed by atoms with Crippen LogP contribution in [0.2, 0.25) is 0 Å². The fourth-order valence-corrected chi connectivity index (χ4v) is 4.23. The van der Waals surface area contributed by atoms with Crippen molar-refractivity contribution in [1.29, 1.82) is 0 Å². The van der Waals surface area contributed by atoms with Crippen LogP contribution >= 0.6 is 11.8 Å². The second kappa shape index (κ2) is 9.40. The monoisotopic (exact) mass is 427 g/mol. The zero-order valence-corrected chi connectivity index (χ0v) is 17.2. The van der Waals surface area contributed by atoms with Crippen molar-refractivity contribution in [3.8, 4) is 0 Å². The van der Waals surface area contributed by atoms with Crippen molar-refractivity contribution in [3.63, 3.8) is 0 Å². The van der Waals surface area contributed by atoms with E-state index in [4.69, 9.17) is 4.74 Å². The molecule has 1 amide bonds. The first-order valence-corrected chi connectivity index (χ1v) is 10.8. The molecule has 1 aliphatic rings. The molecular weight excluding hydrogens is 405 g/mol. The van der Waals surface area contributed by atoms with Crippen LogP contribution in [0.5, 0.6) is 0 Å². The first kappa shape index (κ1) is 20.6. The molecular formula is C22H22FN3O3S. The molecule has 1 N–H and O–H groups in total. The summed E-state index contributed by atoms with van der Waals surface area (Å²) in [6, 6.07) is 13.2. The number of amides is 1. The summed E-state index contributed by atoms with van der Waals surface area (Å²) in [7, 11) is 0. The van der Waals surface area contributed by atoms with Crippen LogP contribution in [0.1, 0.15) is 18.4 Å². The number of benzene rings is 2. The lowest BCUT2D eigenvalue weighted by Crippen LogP contribution is -2.30. The summed E-state index contributed by atoms with van der Waals surface area (Å²) in [5.41, 5.74) is 1.31. The summed E-state index contributed by atoms with van der Waals surface area (Å²) >= 11 is 1.23. The standard InChI is InChI=1S/C22H22FN3O3S/c23-16-9-7-15(8-10-16)12-24-20(27)14-30-22-25-19-6-2-1-5-18(19)21(28)26(22)13-17-4-3-11-29-17/h1-2,5-10,17H,3-4,11-14H2,(H,24,27). The highest BCUT2D eigenvalue weighted by atomic mass is 32.2. The van der Waals surface area contributed by atoms with Gasteiger partial charge in [0.05, 0.1) is 29.3 Å². The van der Waals surface area contributed by atoms with E-state index in [0.717, 1.165) is 18.4 Å². The van der Waals surface area contributed by atoms with Crippen molar-refractivity contribution in [2.24, 2.45) is 0 Å². The maximum absolute atomic E-state index is 13.0. The van der Waals surface area contributed by atoms with E-state index in [1.807, 2.05) is 12.1 Å². The molecule has 1 aliphatic heterocycles. The third-order valence-electron chi connectivity index (χ3n) is 4.97. The molecule has 30 heavy (non-hydrogen) atoms. The number of rotatable bonds is 7. The number of para-hydroxylation sites is 1. The van der Waals surface area contributed by atoms with Crippen molar-refractivity contribution in [2.45, 2.75) is 37.2 Å². The average molecular weight is 428 g/mol. The van der Waals surface area contributed by atoms with Crippen molar-refractivity contribution >= 4 is 28.6 Å². The molecule has 2 aromatic carbocycles. The van der Waals surface area contributed by atoms with Gasteiger partial charge >= 0.3 is 0 Å². The highest BCUT2D eigenvalue weighted by Crippen LogP contribution is 2.21. The van der Waals surface area contributed by atoms with E-state index in [0.29, 0.717) is 35.8 Å². The molecule has 4 rings (SSSR count). The molecule has 156 valence electrons. The molecule has 0 bridgehead atoms. The van der Waals surface area contributed by atoms with Crippen LogP contribution < -0.4 is 10.9 Å². The van der Waals surface area contributed by atoms with E-state index in [-0.39, 0.29) is 29.1 Å². The van der Waals surface area contributed by atoms with Gasteiger partial charge in [-0.05, 0) is 42.7 Å². The molecule has 0 saturated carbocycles. The molecule has 8 heteroatoms. The van der Waals surface area contributed by atoms with E-state index in [1.165, 1.54) is 23.9 Å². The second-order valence-corrected chi connectivity index (χ2v) is 8.10. The van der Waals surface area contributed by atoms with Gasteiger partial charge in [-0.1, -0.05) is 36.0 Å². The molecule has 0 aliphatic carbocycles. The molecule has 1 aromatic heterocycles. The molecule has 6 nitrogen and oxygen atoms in total. The second-order valence-electron chi connectivity index (χ2n) is 7.15. The maximum atomic E-state index is 13.0. The largest absolute Gasteiger partial charge is 0.376 e. The Bertz CT molecular complexity index is 1090. The minimum atomic E-state index is -0.313. The van der Waals surface area contributed by atoms with Crippen LogP contribution in [0.4, 0.5) is 4.39 Å². The van der Waals surface area contributed by atoms with Gasteiger partial charge in [-0.15, -0.1) is 0 Å². The quantitative estimate of drug-likeness (QED) is 0.463. The van der Waals surface area contributed by atoms with Gasteiger partial charge in [-0.2, -0.15) is 0 Å². The number of hydrogen-bond donors (Lipinski definition) is 1. The Kier molecular flexibility index (Phi) is 6.44. The van der Waals surface area contributed by atoms with E-state index >= 15 is 0 Å². The number of hydrogen-bond acceptors (Lipinski definition) is 5. The van der Waals surface area contributed by atoms with Crippen LogP contribution in [0, 0.1) is 5.82 Å². The summed E-state index contributed by atoms with van der Waals surface area (Å²) in [5, 5.41) is 3.87. The summed E-state index contributed by atoms with van der Waals surface area (Å²) in [6.07, 6.45) is 1.87. The molecule has 0 spiro atoms. The Morgan fingerprint density at radius 1 is 1.23 bits per heavy atom. The van der Waals surface area contributed by atoms with Gasteiger partial charge < -0.3 is 10.1 Å². The Balaban J connectivity index is 1.48. The fraction of sp³-hybridized carbons (Fsp3) is 0.318. The van der Waals surface area contributed by atoms with Gasteiger partial charge in [-0.3, -0.25) is 14.2 Å². The van der Waals surface area contributed by atoms with Gasteiger partial charge in [0.15, 0.2) is 5.16 Å². The molecule has 3 aromatic rings. The van der Waals surface area contributed by atoms with Crippen LogP contribution in [0.3, 0.4) is 0 Å². The number of fused-ring (bicyclic) bond motifs is 1. The van der Waals surface area contributed by atoms with E-state index < -0.39 is 0 Å². The van der Waals surface area contributed by atoms with Crippen molar-refractivity contribution in [1.82, 2.24) is 14.9 Å². The van der Waals surface area contributed by atoms with Gasteiger partial charge in [0.1, 0.15) is 5.82 Å². The van der Waals surface area contributed by atoms with Crippen LogP contribution in [0.25, 0.3) is 10.9 Å². The topological polar surface area (TPSA) is 73.2 Å². The third-order valence-corrected chi connectivity index (χ3v) is 5.95. The van der Waals surface area contributed by atoms with E-state index in [9.17, 15) is 14.0 Å². The fourth-order valence-electron chi connectivity index (χ4n) is 3.39. The minimum Gasteiger partial charge on any atom is -0.376 e. The zero-order valence-electron chi connectivity index (χ0n) is 16.3. The first-order chi connectivity index (χ1) is 14.6. The molecule has 0 radical (unpaired) electrons. The summed E-state index contributed by atoms with van der Waals surface area (Å²) in [6.45, 7) is 1.44. The third kappa shape index (κ3) is 4.88. The highest BCUT2D eigenvalue weighted by molar-refractivity contribution is 7.99. The number of aromatic nitrogens is 2. The predicted molar refractivity (Wildman–Crippen MR) is 114 cm³/mol. The number of nitrogens with one attached hydrogen (secondary N) is 1. The van der Waals surface area contributed by atoms with Crippen LogP contribution in [-0.2, 0) is 22.6 Å². The lowest BCUT2D eigenvalue weighted by Gasteiger charge is -2.16. The average Bonchev–Trinajstić information content (AvgIpc) is 3.27. The number of nitrogens with zero attached hydrogens (tertiary/aromatic N) is 2. The lowest BCUT2D eigenvalue weighted by molar-refractivity contribution is -0.118. The maximum Gasteiger partial charge on any atom is 0.262 e. The summed E-state index contributed by atoms with van der Waals surface area (Å²) < 4.78 is 20.3. The van der Waals surface area contributed by atoms with E-state index in [2.05, 4.69) is 10.3 Å². The zero-order chi connectivity index (χ0) is 20.9. The molecule has 1 atom stereocenters. The summed E-state index contributed by atoms with van der Waals surface area (Å²) in [5.74, 6) is -0.375. The summed E-state index contributed by atoms with van der Waals surface area (Å²) in [4.78, 5) is 30.0. The Hall–Kier alpha value is -2.71. The number of carbonyl (C=O) groups excluding carboxylic acids is 1. The van der Waals surface area contributed by atoms with Crippen molar-refractivity contribution in [2.75, 3.05) is 12.4 Å².